The van der Waals surface area contributed by atoms with Crippen molar-refractivity contribution in [3.63, 3.8) is 0 Å². The molecule has 0 atom stereocenters. The van der Waals surface area contributed by atoms with Crippen molar-refractivity contribution in [2.75, 3.05) is 0 Å². The van der Waals surface area contributed by atoms with Gasteiger partial charge < -0.3 is 0 Å². The van der Waals surface area contributed by atoms with Crippen LogP contribution in [0, 0.1) is 6.92 Å². The molecule has 0 fully saturated rings. The number of aromatic nitrogens is 1. The molecular weight excluding hydrogens is 278 g/mol. The monoisotopic (exact) mass is 287 g/mol. The topological polar surface area (TPSA) is 30.0 Å². The first-order valence-electron chi connectivity index (χ1n) is 5.81. The van der Waals surface area contributed by atoms with E-state index >= 15 is 0 Å². The van der Waals surface area contributed by atoms with Gasteiger partial charge in [-0.15, -0.1) is 11.3 Å². The first-order chi connectivity index (χ1) is 9.13. The highest BCUT2D eigenvalue weighted by Crippen LogP contribution is 2.25. The minimum absolute atomic E-state index is 0.0597. The van der Waals surface area contributed by atoms with Crippen LogP contribution >= 0.6 is 22.9 Å². The zero-order chi connectivity index (χ0) is 13.4. The molecule has 0 bridgehead atoms. The summed E-state index contributed by atoms with van der Waals surface area (Å²) in [6.45, 7) is 2.03. The van der Waals surface area contributed by atoms with E-state index in [1.54, 1.807) is 24.3 Å². The molecule has 0 N–H and O–H groups in total. The first kappa shape index (κ1) is 12.3. The van der Waals surface area contributed by atoms with E-state index in [1.165, 1.54) is 16.9 Å². The quantitative estimate of drug-likeness (QED) is 0.650. The van der Waals surface area contributed by atoms with Gasteiger partial charge in [-0.1, -0.05) is 17.7 Å². The van der Waals surface area contributed by atoms with E-state index in [9.17, 15) is 4.79 Å². The van der Waals surface area contributed by atoms with E-state index in [1.807, 2.05) is 25.1 Å². The first-order valence-corrected chi connectivity index (χ1v) is 7.00. The van der Waals surface area contributed by atoms with Gasteiger partial charge in [-0.25, -0.2) is 4.98 Å². The van der Waals surface area contributed by atoms with E-state index in [0.29, 0.717) is 15.6 Å². The molecule has 1 aromatic heterocycles. The van der Waals surface area contributed by atoms with Gasteiger partial charge in [0.15, 0.2) is 5.01 Å². The molecule has 0 spiro atoms. The molecule has 2 nitrogen and oxygen atoms in total. The third kappa shape index (κ3) is 2.39. The number of ketones is 1. The maximum atomic E-state index is 12.3. The van der Waals surface area contributed by atoms with E-state index in [0.717, 1.165) is 10.2 Å². The summed E-state index contributed by atoms with van der Waals surface area (Å²) in [5, 5.41) is 1.14. The molecule has 3 aromatic rings. The molecule has 19 heavy (non-hydrogen) atoms. The van der Waals surface area contributed by atoms with Gasteiger partial charge in [-0.3, -0.25) is 4.79 Å². The smallest absolute Gasteiger partial charge is 0.221 e. The van der Waals surface area contributed by atoms with Crippen LogP contribution in [0.1, 0.15) is 20.9 Å². The average molecular weight is 288 g/mol. The van der Waals surface area contributed by atoms with Gasteiger partial charge in [0.1, 0.15) is 0 Å². The number of aryl methyl sites for hydroxylation is 1. The van der Waals surface area contributed by atoms with Gasteiger partial charge in [-0.2, -0.15) is 0 Å². The lowest BCUT2D eigenvalue weighted by atomic mass is 10.1. The van der Waals surface area contributed by atoms with Crippen LogP contribution in [0.5, 0.6) is 0 Å². The molecule has 2 aromatic carbocycles. The van der Waals surface area contributed by atoms with Crippen LogP contribution < -0.4 is 0 Å². The Morgan fingerprint density at radius 2 is 1.89 bits per heavy atom. The van der Waals surface area contributed by atoms with Crippen LogP contribution in [0.15, 0.2) is 42.5 Å². The van der Waals surface area contributed by atoms with Gasteiger partial charge in [0.2, 0.25) is 5.78 Å². The van der Waals surface area contributed by atoms with Crippen LogP contribution in [0.4, 0.5) is 0 Å². The lowest BCUT2D eigenvalue weighted by molar-refractivity contribution is 0.103. The number of fused-ring (bicyclic) bond motifs is 1. The number of halogens is 1. The molecule has 0 unspecified atom stereocenters. The fourth-order valence-corrected chi connectivity index (χ4v) is 3.01. The summed E-state index contributed by atoms with van der Waals surface area (Å²) in [5.41, 5.74) is 2.65. The van der Waals surface area contributed by atoms with Crippen molar-refractivity contribution in [3.05, 3.63) is 63.6 Å². The van der Waals surface area contributed by atoms with E-state index < -0.39 is 0 Å². The molecule has 0 radical (unpaired) electrons. The molecule has 94 valence electrons. The summed E-state index contributed by atoms with van der Waals surface area (Å²) < 4.78 is 1.04. The number of rotatable bonds is 2. The van der Waals surface area contributed by atoms with Crippen molar-refractivity contribution in [2.24, 2.45) is 0 Å². The van der Waals surface area contributed by atoms with Crippen molar-refractivity contribution >= 4 is 38.9 Å². The number of nitrogens with zero attached hydrogens (tertiary/aromatic N) is 1. The van der Waals surface area contributed by atoms with E-state index in [-0.39, 0.29) is 5.78 Å². The van der Waals surface area contributed by atoms with Gasteiger partial charge >= 0.3 is 0 Å². The number of carbonyl (C=O) groups excluding carboxylic acids is 1. The standard InChI is InChI=1S/C15H10ClNOS/c1-9-2-7-12-13(8-9)19-15(17-12)14(18)10-3-5-11(16)6-4-10/h2-8H,1H3. The lowest BCUT2D eigenvalue weighted by Gasteiger charge is -1.96. The van der Waals surface area contributed by atoms with E-state index in [2.05, 4.69) is 4.98 Å². The summed E-state index contributed by atoms with van der Waals surface area (Å²) in [7, 11) is 0. The average Bonchev–Trinajstić information content (AvgIpc) is 2.81. The predicted molar refractivity (Wildman–Crippen MR) is 79.2 cm³/mol. The Morgan fingerprint density at radius 3 is 2.63 bits per heavy atom. The minimum atomic E-state index is -0.0597. The maximum absolute atomic E-state index is 12.3. The summed E-state index contributed by atoms with van der Waals surface area (Å²) in [6.07, 6.45) is 0. The Morgan fingerprint density at radius 1 is 1.16 bits per heavy atom. The van der Waals surface area contributed by atoms with Gasteiger partial charge in [0.05, 0.1) is 10.2 Å². The zero-order valence-electron chi connectivity index (χ0n) is 10.2. The third-order valence-electron chi connectivity index (χ3n) is 2.84. The summed E-state index contributed by atoms with van der Waals surface area (Å²) >= 11 is 7.24. The molecule has 0 aliphatic rings. The molecule has 4 heteroatoms. The van der Waals surface area contributed by atoms with Crippen LogP contribution in [-0.4, -0.2) is 10.8 Å². The molecule has 0 aliphatic carbocycles. The summed E-state index contributed by atoms with van der Waals surface area (Å²) in [6, 6.07) is 12.9. The second kappa shape index (κ2) is 4.76. The molecule has 1 heterocycles. The normalized spacial score (nSPS) is 10.8. The Balaban J connectivity index is 2.04. The largest absolute Gasteiger partial charge is 0.286 e. The van der Waals surface area contributed by atoms with Crippen LogP contribution in [0.3, 0.4) is 0 Å². The number of benzene rings is 2. The third-order valence-corrected chi connectivity index (χ3v) is 4.11. The van der Waals surface area contributed by atoms with Crippen molar-refractivity contribution in [2.45, 2.75) is 6.92 Å². The number of hydrogen-bond donors (Lipinski definition) is 0. The highest BCUT2D eigenvalue weighted by Gasteiger charge is 2.14. The Labute approximate surface area is 119 Å². The number of carbonyl (C=O) groups is 1. The SMILES string of the molecule is Cc1ccc2nc(C(=O)c3ccc(Cl)cc3)sc2c1. The Kier molecular flexibility index (Phi) is 3.09. The summed E-state index contributed by atoms with van der Waals surface area (Å²) in [4.78, 5) is 16.7. The molecule has 0 amide bonds. The molecule has 3 rings (SSSR count). The fraction of sp³-hybridized carbons (Fsp3) is 0.0667. The maximum Gasteiger partial charge on any atom is 0.221 e. The molecular formula is C15H10ClNOS. The second-order valence-corrected chi connectivity index (χ2v) is 5.79. The van der Waals surface area contributed by atoms with Crippen LogP contribution in [0.25, 0.3) is 10.2 Å². The van der Waals surface area contributed by atoms with E-state index in [4.69, 9.17) is 11.6 Å². The second-order valence-electron chi connectivity index (χ2n) is 4.33. The highest BCUT2D eigenvalue weighted by molar-refractivity contribution is 7.20. The lowest BCUT2D eigenvalue weighted by Crippen LogP contribution is -1.99. The molecule has 0 saturated carbocycles. The van der Waals surface area contributed by atoms with Crippen molar-refractivity contribution < 1.29 is 4.79 Å². The zero-order valence-corrected chi connectivity index (χ0v) is 11.8. The fourth-order valence-electron chi connectivity index (χ4n) is 1.85. The van der Waals surface area contributed by atoms with Gasteiger partial charge in [0.25, 0.3) is 0 Å². The number of thiazole rings is 1. The highest BCUT2D eigenvalue weighted by atomic mass is 35.5. The van der Waals surface area contributed by atoms with Crippen LogP contribution in [-0.2, 0) is 0 Å². The Hall–Kier alpha value is -1.71. The summed E-state index contributed by atoms with van der Waals surface area (Å²) in [5.74, 6) is -0.0597. The van der Waals surface area contributed by atoms with Gasteiger partial charge in [-0.05, 0) is 48.9 Å². The van der Waals surface area contributed by atoms with Gasteiger partial charge in [0, 0.05) is 10.6 Å². The minimum Gasteiger partial charge on any atom is -0.286 e. The van der Waals surface area contributed by atoms with Crippen LogP contribution in [0.2, 0.25) is 5.02 Å². The number of hydrogen-bond acceptors (Lipinski definition) is 3. The van der Waals surface area contributed by atoms with Crippen molar-refractivity contribution in [1.29, 1.82) is 0 Å². The van der Waals surface area contributed by atoms with Crippen molar-refractivity contribution in [1.82, 2.24) is 4.98 Å². The van der Waals surface area contributed by atoms with Crippen molar-refractivity contribution in [3.8, 4) is 0 Å². The molecule has 0 saturated heterocycles. The predicted octanol–water partition coefficient (Wildman–Crippen LogP) is 4.49. The molecule has 0 aliphatic heterocycles. The Bertz CT molecular complexity index is 761.